The molecule has 0 saturated heterocycles. The van der Waals surface area contributed by atoms with Gasteiger partial charge in [0.2, 0.25) is 0 Å². The first-order chi connectivity index (χ1) is 9.84. The zero-order chi connectivity index (χ0) is 15.3. The summed E-state index contributed by atoms with van der Waals surface area (Å²) in [5, 5.41) is 12.8. The number of nitrogens with one attached hydrogen (secondary N) is 1. The first-order valence-corrected chi connectivity index (χ1v) is 7.60. The molecule has 2 aliphatic carbocycles. The van der Waals surface area contributed by atoms with Crippen molar-refractivity contribution >= 4 is 5.97 Å². The highest BCUT2D eigenvalue weighted by molar-refractivity contribution is 5.88. The van der Waals surface area contributed by atoms with Crippen LogP contribution in [0.15, 0.2) is 12.5 Å². The van der Waals surface area contributed by atoms with Crippen LogP contribution in [0.5, 0.6) is 0 Å². The molecule has 114 valence electrons. The first kappa shape index (κ1) is 14.4. The van der Waals surface area contributed by atoms with Gasteiger partial charge in [-0.1, -0.05) is 20.8 Å². The van der Waals surface area contributed by atoms with Crippen LogP contribution in [0.1, 0.15) is 56.1 Å². The van der Waals surface area contributed by atoms with Crippen LogP contribution in [-0.4, -0.2) is 27.1 Å². The van der Waals surface area contributed by atoms with Gasteiger partial charge in [-0.25, -0.2) is 14.8 Å². The molecule has 2 N–H and O–H groups in total. The standard InChI is InChI=1S/C16H23N3O2/c1-15(2)10-4-5-16(3,6-10)14(15)18-8-12-11(13(20)21)7-17-9-19-12/h7,9-10,14,18H,4-6,8H2,1-3H3,(H,20,21). The van der Waals surface area contributed by atoms with E-state index >= 15 is 0 Å². The van der Waals surface area contributed by atoms with Gasteiger partial charge in [-0.15, -0.1) is 0 Å². The second-order valence-corrected chi connectivity index (χ2v) is 7.42. The van der Waals surface area contributed by atoms with Crippen molar-refractivity contribution in [1.29, 1.82) is 0 Å². The zero-order valence-electron chi connectivity index (χ0n) is 12.9. The highest BCUT2D eigenvalue weighted by Crippen LogP contribution is 2.62. The molecule has 1 aromatic rings. The molecule has 2 fully saturated rings. The molecular formula is C16H23N3O2. The van der Waals surface area contributed by atoms with Crippen molar-refractivity contribution in [3.8, 4) is 0 Å². The second-order valence-electron chi connectivity index (χ2n) is 7.42. The Kier molecular flexibility index (Phi) is 3.28. The first-order valence-electron chi connectivity index (χ1n) is 7.60. The van der Waals surface area contributed by atoms with E-state index in [0.29, 0.717) is 23.7 Å². The monoisotopic (exact) mass is 289 g/mol. The SMILES string of the molecule is CC12CCC(C1)C(C)(C)C2NCc1ncncc1C(=O)O. The zero-order valence-corrected chi connectivity index (χ0v) is 12.9. The lowest BCUT2D eigenvalue weighted by Crippen LogP contribution is -2.50. The number of carbonyl (C=O) groups is 1. The van der Waals surface area contributed by atoms with Gasteiger partial charge in [0.25, 0.3) is 0 Å². The number of hydrogen-bond acceptors (Lipinski definition) is 4. The maximum Gasteiger partial charge on any atom is 0.339 e. The maximum atomic E-state index is 11.2. The van der Waals surface area contributed by atoms with Crippen molar-refractivity contribution < 1.29 is 9.90 Å². The molecule has 2 aliphatic rings. The van der Waals surface area contributed by atoms with E-state index in [1.807, 2.05) is 0 Å². The summed E-state index contributed by atoms with van der Waals surface area (Å²) < 4.78 is 0. The number of aromatic carboxylic acids is 1. The molecule has 3 unspecified atom stereocenters. The highest BCUT2D eigenvalue weighted by atomic mass is 16.4. The molecule has 0 amide bonds. The topological polar surface area (TPSA) is 75.1 Å². The van der Waals surface area contributed by atoms with Crippen molar-refractivity contribution in [2.75, 3.05) is 0 Å². The Balaban J connectivity index is 1.78. The van der Waals surface area contributed by atoms with Crippen LogP contribution in [0, 0.1) is 16.7 Å². The molecule has 0 aliphatic heterocycles. The normalized spacial score (nSPS) is 33.3. The predicted octanol–water partition coefficient (Wildman–Crippen LogP) is 2.48. The Bertz CT molecular complexity index is 568. The lowest BCUT2D eigenvalue weighted by atomic mass is 9.68. The molecule has 2 bridgehead atoms. The fourth-order valence-electron chi connectivity index (χ4n) is 4.68. The van der Waals surface area contributed by atoms with E-state index in [2.05, 4.69) is 36.1 Å². The van der Waals surface area contributed by atoms with Gasteiger partial charge in [-0.3, -0.25) is 0 Å². The maximum absolute atomic E-state index is 11.2. The summed E-state index contributed by atoms with van der Waals surface area (Å²) in [5.41, 5.74) is 1.34. The molecule has 21 heavy (non-hydrogen) atoms. The van der Waals surface area contributed by atoms with Crippen LogP contribution in [-0.2, 0) is 6.54 Å². The third-order valence-corrected chi connectivity index (χ3v) is 5.77. The van der Waals surface area contributed by atoms with Crippen LogP contribution in [0.25, 0.3) is 0 Å². The van der Waals surface area contributed by atoms with Gasteiger partial charge in [-0.2, -0.15) is 0 Å². The number of aromatic nitrogens is 2. The minimum atomic E-state index is -0.967. The Morgan fingerprint density at radius 2 is 2.24 bits per heavy atom. The molecule has 2 saturated carbocycles. The van der Waals surface area contributed by atoms with E-state index < -0.39 is 5.97 Å². The number of nitrogens with zero attached hydrogens (tertiary/aromatic N) is 2. The van der Waals surface area contributed by atoms with Gasteiger partial charge < -0.3 is 10.4 Å². The van der Waals surface area contributed by atoms with Gasteiger partial charge in [-0.05, 0) is 36.0 Å². The summed E-state index contributed by atoms with van der Waals surface area (Å²) in [7, 11) is 0. The molecule has 0 spiro atoms. The van der Waals surface area contributed by atoms with E-state index in [1.165, 1.54) is 31.8 Å². The van der Waals surface area contributed by atoms with Gasteiger partial charge >= 0.3 is 5.97 Å². The van der Waals surface area contributed by atoms with Crippen molar-refractivity contribution in [3.63, 3.8) is 0 Å². The largest absolute Gasteiger partial charge is 0.478 e. The minimum absolute atomic E-state index is 0.191. The molecule has 3 rings (SSSR count). The van der Waals surface area contributed by atoms with Gasteiger partial charge in [0.15, 0.2) is 0 Å². The van der Waals surface area contributed by atoms with Gasteiger partial charge in [0.05, 0.1) is 5.69 Å². The van der Waals surface area contributed by atoms with Crippen molar-refractivity contribution in [2.24, 2.45) is 16.7 Å². The number of carboxylic acids is 1. The van der Waals surface area contributed by atoms with Crippen molar-refractivity contribution in [2.45, 2.75) is 52.6 Å². The summed E-state index contributed by atoms with van der Waals surface area (Å²) in [6.45, 7) is 7.51. The third kappa shape index (κ3) is 2.24. The van der Waals surface area contributed by atoms with Crippen molar-refractivity contribution in [3.05, 3.63) is 23.8 Å². The van der Waals surface area contributed by atoms with E-state index in [-0.39, 0.29) is 11.0 Å². The molecular weight excluding hydrogens is 266 g/mol. The summed E-state index contributed by atoms with van der Waals surface area (Å²) in [6, 6.07) is 0.403. The number of carboxylic acid groups (broad SMARTS) is 1. The lowest BCUT2D eigenvalue weighted by Gasteiger charge is -2.43. The fourth-order valence-corrected chi connectivity index (χ4v) is 4.68. The molecule has 1 aromatic heterocycles. The fraction of sp³-hybridized carbons (Fsp3) is 0.688. The Hall–Kier alpha value is -1.49. The summed E-state index contributed by atoms with van der Waals surface area (Å²) in [4.78, 5) is 19.2. The second kappa shape index (κ2) is 4.77. The summed E-state index contributed by atoms with van der Waals surface area (Å²) in [6.07, 6.45) is 6.63. The van der Waals surface area contributed by atoms with E-state index in [0.717, 1.165) is 5.92 Å². The smallest absolute Gasteiger partial charge is 0.339 e. The highest BCUT2D eigenvalue weighted by Gasteiger charge is 2.58. The summed E-state index contributed by atoms with van der Waals surface area (Å²) in [5.74, 6) is -0.199. The van der Waals surface area contributed by atoms with Crippen molar-refractivity contribution in [1.82, 2.24) is 15.3 Å². The molecule has 3 atom stereocenters. The van der Waals surface area contributed by atoms with E-state index in [4.69, 9.17) is 0 Å². The predicted molar refractivity (Wildman–Crippen MR) is 78.8 cm³/mol. The van der Waals surface area contributed by atoms with E-state index in [1.54, 1.807) is 0 Å². The summed E-state index contributed by atoms with van der Waals surface area (Å²) >= 11 is 0. The number of hydrogen-bond donors (Lipinski definition) is 2. The Morgan fingerprint density at radius 1 is 1.48 bits per heavy atom. The molecule has 0 aromatic carbocycles. The van der Waals surface area contributed by atoms with Crippen LogP contribution < -0.4 is 5.32 Å². The Morgan fingerprint density at radius 3 is 2.86 bits per heavy atom. The van der Waals surface area contributed by atoms with Crippen LogP contribution in [0.3, 0.4) is 0 Å². The van der Waals surface area contributed by atoms with Crippen LogP contribution >= 0.6 is 0 Å². The number of rotatable bonds is 4. The average molecular weight is 289 g/mol. The van der Waals surface area contributed by atoms with Gasteiger partial charge in [0, 0.05) is 18.8 Å². The molecule has 1 heterocycles. The van der Waals surface area contributed by atoms with Crippen LogP contribution in [0.4, 0.5) is 0 Å². The minimum Gasteiger partial charge on any atom is -0.478 e. The molecule has 0 radical (unpaired) electrons. The number of fused-ring (bicyclic) bond motifs is 2. The van der Waals surface area contributed by atoms with Crippen LogP contribution in [0.2, 0.25) is 0 Å². The third-order valence-electron chi connectivity index (χ3n) is 5.77. The lowest BCUT2D eigenvalue weighted by molar-refractivity contribution is 0.0693. The quantitative estimate of drug-likeness (QED) is 0.890. The average Bonchev–Trinajstić information content (AvgIpc) is 2.89. The van der Waals surface area contributed by atoms with E-state index in [9.17, 15) is 9.90 Å². The molecule has 5 heteroatoms. The molecule has 5 nitrogen and oxygen atoms in total. The Labute approximate surface area is 125 Å². The van der Waals surface area contributed by atoms with Gasteiger partial charge in [0.1, 0.15) is 11.9 Å².